The molecule has 2 heterocycles. The van der Waals surface area contributed by atoms with Crippen molar-refractivity contribution in [2.75, 3.05) is 7.05 Å². The molecule has 18 heavy (non-hydrogen) atoms. The molecule has 2 atom stereocenters. The molecule has 0 saturated carbocycles. The van der Waals surface area contributed by atoms with E-state index in [4.69, 9.17) is 0 Å². The molecule has 3 rings (SSSR count). The molecule has 2 nitrogen and oxygen atoms in total. The SMILES string of the molecule is CNC(Cc1ccsc1)C1CCc2cccnc21. The Hall–Kier alpha value is -1.19. The molecule has 0 aliphatic heterocycles. The van der Waals surface area contributed by atoms with Gasteiger partial charge in [-0.3, -0.25) is 4.98 Å². The van der Waals surface area contributed by atoms with Gasteiger partial charge >= 0.3 is 0 Å². The number of nitrogens with one attached hydrogen (secondary N) is 1. The van der Waals surface area contributed by atoms with Crippen LogP contribution in [0.15, 0.2) is 35.2 Å². The first-order valence-corrected chi connectivity index (χ1v) is 7.45. The fourth-order valence-electron chi connectivity index (χ4n) is 2.94. The molecule has 0 radical (unpaired) electrons. The zero-order valence-electron chi connectivity index (χ0n) is 10.6. The molecule has 0 saturated heterocycles. The van der Waals surface area contributed by atoms with Crippen molar-refractivity contribution in [2.45, 2.75) is 31.2 Å². The van der Waals surface area contributed by atoms with E-state index < -0.39 is 0 Å². The number of aromatic nitrogens is 1. The maximum Gasteiger partial charge on any atom is 0.0482 e. The molecule has 0 aromatic carbocycles. The number of likely N-dealkylation sites (N-methyl/N-ethyl adjacent to an activating group) is 1. The minimum atomic E-state index is 0.496. The highest BCUT2D eigenvalue weighted by Crippen LogP contribution is 2.34. The first kappa shape index (κ1) is 11.9. The number of aryl methyl sites for hydroxylation is 1. The maximum absolute atomic E-state index is 4.60. The number of rotatable bonds is 4. The molecule has 0 fully saturated rings. The second-order valence-corrected chi connectivity index (χ2v) is 5.70. The number of thiophene rings is 1. The highest BCUT2D eigenvalue weighted by atomic mass is 32.1. The summed E-state index contributed by atoms with van der Waals surface area (Å²) in [6.07, 6.45) is 5.42. The van der Waals surface area contributed by atoms with Gasteiger partial charge in [-0.15, -0.1) is 0 Å². The zero-order chi connectivity index (χ0) is 12.4. The van der Waals surface area contributed by atoms with Crippen molar-refractivity contribution in [2.24, 2.45) is 0 Å². The summed E-state index contributed by atoms with van der Waals surface area (Å²) in [6, 6.07) is 6.99. The molecule has 1 aliphatic carbocycles. The van der Waals surface area contributed by atoms with Crippen LogP contribution in [0.4, 0.5) is 0 Å². The number of nitrogens with zero attached hydrogens (tertiary/aromatic N) is 1. The van der Waals surface area contributed by atoms with Crippen molar-refractivity contribution < 1.29 is 0 Å². The van der Waals surface area contributed by atoms with Gasteiger partial charge in [-0.25, -0.2) is 0 Å². The number of hydrogen-bond donors (Lipinski definition) is 1. The lowest BCUT2D eigenvalue weighted by Gasteiger charge is -2.23. The van der Waals surface area contributed by atoms with Crippen LogP contribution in [-0.2, 0) is 12.8 Å². The molecule has 2 aromatic heterocycles. The second kappa shape index (κ2) is 5.21. The number of hydrogen-bond acceptors (Lipinski definition) is 3. The van der Waals surface area contributed by atoms with Gasteiger partial charge in [0.1, 0.15) is 0 Å². The summed E-state index contributed by atoms with van der Waals surface area (Å²) in [5.41, 5.74) is 4.18. The van der Waals surface area contributed by atoms with Crippen LogP contribution in [0.2, 0.25) is 0 Å². The van der Waals surface area contributed by atoms with Gasteiger partial charge in [0.25, 0.3) is 0 Å². The van der Waals surface area contributed by atoms with E-state index in [1.807, 2.05) is 6.20 Å². The van der Waals surface area contributed by atoms with E-state index in [0.29, 0.717) is 12.0 Å². The number of fused-ring (bicyclic) bond motifs is 1. The first-order valence-electron chi connectivity index (χ1n) is 6.50. The highest BCUT2D eigenvalue weighted by Gasteiger charge is 2.30. The summed E-state index contributed by atoms with van der Waals surface area (Å²) in [5, 5.41) is 7.89. The van der Waals surface area contributed by atoms with Crippen molar-refractivity contribution in [1.82, 2.24) is 10.3 Å². The summed E-state index contributed by atoms with van der Waals surface area (Å²) in [6.45, 7) is 0. The lowest BCUT2D eigenvalue weighted by atomic mass is 9.92. The van der Waals surface area contributed by atoms with E-state index in [1.54, 1.807) is 11.3 Å². The van der Waals surface area contributed by atoms with Crippen LogP contribution in [0, 0.1) is 0 Å². The molecular formula is C15H18N2S. The minimum Gasteiger partial charge on any atom is -0.316 e. The highest BCUT2D eigenvalue weighted by molar-refractivity contribution is 7.07. The van der Waals surface area contributed by atoms with Gasteiger partial charge in [-0.1, -0.05) is 6.07 Å². The lowest BCUT2D eigenvalue weighted by Crippen LogP contribution is -2.33. The topological polar surface area (TPSA) is 24.9 Å². The first-order chi connectivity index (χ1) is 8.88. The summed E-state index contributed by atoms with van der Waals surface area (Å²) < 4.78 is 0. The molecule has 1 aliphatic rings. The van der Waals surface area contributed by atoms with Crippen LogP contribution in [0.5, 0.6) is 0 Å². The minimum absolute atomic E-state index is 0.496. The van der Waals surface area contributed by atoms with Crippen molar-refractivity contribution >= 4 is 11.3 Å². The van der Waals surface area contributed by atoms with Crippen LogP contribution in [0.25, 0.3) is 0 Å². The average molecular weight is 258 g/mol. The van der Waals surface area contributed by atoms with Gasteiger partial charge in [-0.2, -0.15) is 11.3 Å². The van der Waals surface area contributed by atoms with Crippen molar-refractivity contribution in [1.29, 1.82) is 0 Å². The predicted octanol–water partition coefficient (Wildman–Crippen LogP) is 3.00. The smallest absolute Gasteiger partial charge is 0.0482 e. The van der Waals surface area contributed by atoms with Gasteiger partial charge in [-0.05, 0) is 60.3 Å². The van der Waals surface area contributed by atoms with Crippen molar-refractivity contribution in [3.8, 4) is 0 Å². The second-order valence-electron chi connectivity index (χ2n) is 4.92. The fraction of sp³-hybridized carbons (Fsp3) is 0.400. The molecule has 2 aromatic rings. The van der Waals surface area contributed by atoms with E-state index >= 15 is 0 Å². The van der Waals surface area contributed by atoms with Crippen molar-refractivity contribution in [3.63, 3.8) is 0 Å². The largest absolute Gasteiger partial charge is 0.316 e. The molecular weight excluding hydrogens is 240 g/mol. The van der Waals surface area contributed by atoms with E-state index in [0.717, 1.165) is 6.42 Å². The van der Waals surface area contributed by atoms with E-state index in [1.165, 1.54) is 29.7 Å². The third-order valence-electron chi connectivity index (χ3n) is 3.89. The Morgan fingerprint density at radius 1 is 1.50 bits per heavy atom. The van der Waals surface area contributed by atoms with Crippen LogP contribution in [0.1, 0.15) is 29.2 Å². The number of pyridine rings is 1. The van der Waals surface area contributed by atoms with E-state index in [9.17, 15) is 0 Å². The molecule has 3 heteroatoms. The molecule has 0 spiro atoms. The fourth-order valence-corrected chi connectivity index (χ4v) is 3.63. The standard InChI is InChI=1S/C15H18N2S/c1-16-14(9-11-6-8-18-10-11)13-5-4-12-3-2-7-17-15(12)13/h2-3,6-8,10,13-14,16H,4-5,9H2,1H3. The Morgan fingerprint density at radius 2 is 2.44 bits per heavy atom. The van der Waals surface area contributed by atoms with Gasteiger partial charge in [0.15, 0.2) is 0 Å². The van der Waals surface area contributed by atoms with Crippen molar-refractivity contribution in [3.05, 3.63) is 52.0 Å². The summed E-state index contributed by atoms with van der Waals surface area (Å²) in [4.78, 5) is 4.60. The van der Waals surface area contributed by atoms with Crippen LogP contribution < -0.4 is 5.32 Å². The Bertz CT molecular complexity index is 507. The van der Waals surface area contributed by atoms with Crippen LogP contribution in [-0.4, -0.2) is 18.1 Å². The van der Waals surface area contributed by atoms with Gasteiger partial charge < -0.3 is 5.32 Å². The maximum atomic E-state index is 4.60. The van der Waals surface area contributed by atoms with Gasteiger partial charge in [0.2, 0.25) is 0 Å². The Kier molecular flexibility index (Phi) is 3.43. The third-order valence-corrected chi connectivity index (χ3v) is 4.63. The molecule has 2 unspecified atom stereocenters. The monoisotopic (exact) mass is 258 g/mol. The lowest BCUT2D eigenvalue weighted by molar-refractivity contribution is 0.450. The third kappa shape index (κ3) is 2.20. The van der Waals surface area contributed by atoms with Crippen LogP contribution >= 0.6 is 11.3 Å². The van der Waals surface area contributed by atoms with E-state index in [-0.39, 0.29) is 0 Å². The van der Waals surface area contributed by atoms with Crippen LogP contribution in [0.3, 0.4) is 0 Å². The van der Waals surface area contributed by atoms with Gasteiger partial charge in [0.05, 0.1) is 0 Å². The molecule has 1 N–H and O–H groups in total. The normalized spacial score (nSPS) is 19.7. The average Bonchev–Trinajstić information content (AvgIpc) is 3.05. The van der Waals surface area contributed by atoms with E-state index in [2.05, 4.69) is 46.3 Å². The Labute approximate surface area is 112 Å². The van der Waals surface area contributed by atoms with Gasteiger partial charge in [0, 0.05) is 23.9 Å². The Balaban J connectivity index is 1.81. The predicted molar refractivity (Wildman–Crippen MR) is 76.2 cm³/mol. The quantitative estimate of drug-likeness (QED) is 0.912. The molecule has 0 bridgehead atoms. The Morgan fingerprint density at radius 3 is 3.22 bits per heavy atom. The summed E-state index contributed by atoms with van der Waals surface area (Å²) >= 11 is 1.78. The molecule has 0 amide bonds. The summed E-state index contributed by atoms with van der Waals surface area (Å²) in [7, 11) is 2.07. The summed E-state index contributed by atoms with van der Waals surface area (Å²) in [5.74, 6) is 0.561. The molecule has 94 valence electrons. The zero-order valence-corrected chi connectivity index (χ0v) is 11.4.